The van der Waals surface area contributed by atoms with Crippen molar-refractivity contribution in [3.63, 3.8) is 0 Å². The third kappa shape index (κ3) is 2.95. The average Bonchev–Trinajstić information content (AvgIpc) is 3.10. The van der Waals surface area contributed by atoms with E-state index in [0.29, 0.717) is 13.0 Å². The van der Waals surface area contributed by atoms with E-state index in [0.717, 1.165) is 40.8 Å². The second-order valence-electron chi connectivity index (χ2n) is 6.70. The fourth-order valence-electron chi connectivity index (χ4n) is 3.37. The Morgan fingerprint density at radius 2 is 2.04 bits per heavy atom. The Kier molecular flexibility index (Phi) is 3.87. The summed E-state index contributed by atoms with van der Waals surface area (Å²) in [7, 11) is 4.02. The van der Waals surface area contributed by atoms with Crippen molar-refractivity contribution < 1.29 is 4.79 Å². The molecule has 2 aromatic heterocycles. The summed E-state index contributed by atoms with van der Waals surface area (Å²) in [6.45, 7) is 1.37. The zero-order chi connectivity index (χ0) is 17.4. The van der Waals surface area contributed by atoms with E-state index in [1.54, 1.807) is 0 Å². The first-order chi connectivity index (χ1) is 12.1. The molecule has 1 aromatic carbocycles. The lowest BCUT2D eigenvalue weighted by Crippen LogP contribution is -2.37. The van der Waals surface area contributed by atoms with Gasteiger partial charge in [0.05, 0.1) is 12.6 Å². The zero-order valence-electron chi connectivity index (χ0n) is 14.5. The number of carbonyl (C=O) groups is 1. The van der Waals surface area contributed by atoms with Crippen LogP contribution in [0.4, 0.5) is 5.69 Å². The van der Waals surface area contributed by atoms with Gasteiger partial charge < -0.3 is 9.80 Å². The fourth-order valence-corrected chi connectivity index (χ4v) is 3.37. The first kappa shape index (κ1) is 15.6. The van der Waals surface area contributed by atoms with E-state index in [9.17, 15) is 4.79 Å². The van der Waals surface area contributed by atoms with Crippen LogP contribution in [-0.2, 0) is 24.2 Å². The number of pyridine rings is 1. The lowest BCUT2D eigenvalue weighted by Gasteiger charge is -2.29. The normalized spacial score (nSPS) is 13.8. The number of fused-ring (bicyclic) bond motifs is 3. The quantitative estimate of drug-likeness (QED) is 0.796. The van der Waals surface area contributed by atoms with E-state index in [2.05, 4.69) is 20.1 Å². The van der Waals surface area contributed by atoms with Crippen LogP contribution in [0, 0.1) is 0 Å². The second-order valence-corrected chi connectivity index (χ2v) is 6.70. The monoisotopic (exact) mass is 335 g/mol. The van der Waals surface area contributed by atoms with Gasteiger partial charge in [-0.2, -0.15) is 5.10 Å². The Hall–Kier alpha value is -2.89. The first-order valence-corrected chi connectivity index (χ1v) is 8.45. The Bertz CT molecular complexity index is 913. The summed E-state index contributed by atoms with van der Waals surface area (Å²) in [5.41, 5.74) is 5.39. The van der Waals surface area contributed by atoms with E-state index >= 15 is 0 Å². The van der Waals surface area contributed by atoms with Crippen LogP contribution in [0.25, 0.3) is 11.0 Å². The van der Waals surface area contributed by atoms with Gasteiger partial charge in [-0.15, -0.1) is 0 Å². The number of amides is 1. The van der Waals surface area contributed by atoms with Crippen LogP contribution in [0.5, 0.6) is 0 Å². The summed E-state index contributed by atoms with van der Waals surface area (Å²) >= 11 is 0. The highest BCUT2D eigenvalue weighted by Crippen LogP contribution is 2.25. The molecule has 6 nitrogen and oxygen atoms in total. The minimum atomic E-state index is 0.163. The van der Waals surface area contributed by atoms with Gasteiger partial charge in [-0.05, 0) is 35.2 Å². The molecular formula is C19H21N5O. The predicted octanol–water partition coefficient (Wildman–Crippen LogP) is 2.15. The van der Waals surface area contributed by atoms with Gasteiger partial charge in [0.1, 0.15) is 0 Å². The van der Waals surface area contributed by atoms with Gasteiger partial charge in [0.15, 0.2) is 5.65 Å². The minimum absolute atomic E-state index is 0.163. The van der Waals surface area contributed by atoms with Crippen LogP contribution in [0.3, 0.4) is 0 Å². The first-order valence-electron chi connectivity index (χ1n) is 8.45. The maximum Gasteiger partial charge on any atom is 0.227 e. The molecule has 1 amide bonds. The number of nitrogens with one attached hydrogen (secondary N) is 1. The lowest BCUT2D eigenvalue weighted by molar-refractivity contribution is -0.131. The van der Waals surface area contributed by atoms with E-state index in [-0.39, 0.29) is 5.91 Å². The largest absolute Gasteiger partial charge is 0.378 e. The molecule has 128 valence electrons. The summed E-state index contributed by atoms with van der Waals surface area (Å²) in [5, 5.41) is 8.04. The zero-order valence-corrected chi connectivity index (χ0v) is 14.5. The number of nitrogens with zero attached hydrogens (tertiary/aromatic N) is 4. The van der Waals surface area contributed by atoms with Crippen LogP contribution in [-0.4, -0.2) is 46.6 Å². The molecule has 1 aliphatic heterocycles. The average molecular weight is 335 g/mol. The number of anilines is 1. The Balaban J connectivity index is 1.48. The topological polar surface area (TPSA) is 65.1 Å². The van der Waals surface area contributed by atoms with Crippen LogP contribution < -0.4 is 4.90 Å². The Morgan fingerprint density at radius 1 is 1.24 bits per heavy atom. The Labute approximate surface area is 146 Å². The highest BCUT2D eigenvalue weighted by Gasteiger charge is 2.23. The molecule has 0 radical (unpaired) electrons. The van der Waals surface area contributed by atoms with Gasteiger partial charge in [-0.3, -0.25) is 9.89 Å². The van der Waals surface area contributed by atoms with E-state index < -0.39 is 0 Å². The van der Waals surface area contributed by atoms with Crippen LogP contribution in [0.2, 0.25) is 0 Å². The fraction of sp³-hybridized carbons (Fsp3) is 0.316. The molecule has 1 aliphatic rings. The molecule has 0 aliphatic carbocycles. The number of benzene rings is 1. The van der Waals surface area contributed by atoms with E-state index in [1.807, 2.05) is 55.7 Å². The van der Waals surface area contributed by atoms with Crippen molar-refractivity contribution in [3.05, 3.63) is 53.3 Å². The molecule has 1 N–H and O–H groups in total. The molecule has 6 heteroatoms. The number of hydrogen-bond acceptors (Lipinski definition) is 4. The van der Waals surface area contributed by atoms with E-state index in [4.69, 9.17) is 0 Å². The molecule has 0 saturated carbocycles. The predicted molar refractivity (Wildman–Crippen MR) is 97.5 cm³/mol. The third-order valence-electron chi connectivity index (χ3n) is 4.84. The molecule has 3 heterocycles. The van der Waals surface area contributed by atoms with Gasteiger partial charge in [-0.1, -0.05) is 12.1 Å². The van der Waals surface area contributed by atoms with Gasteiger partial charge in [-0.25, -0.2) is 4.98 Å². The van der Waals surface area contributed by atoms with Crippen LogP contribution >= 0.6 is 0 Å². The van der Waals surface area contributed by atoms with Gasteiger partial charge >= 0.3 is 0 Å². The second kappa shape index (κ2) is 6.20. The number of carbonyl (C=O) groups excluding carboxylic acids is 1. The molecule has 4 rings (SSSR count). The third-order valence-corrected chi connectivity index (χ3v) is 4.84. The van der Waals surface area contributed by atoms with Crippen molar-refractivity contribution in [3.8, 4) is 0 Å². The summed E-state index contributed by atoms with van der Waals surface area (Å²) in [5.74, 6) is 0.163. The highest BCUT2D eigenvalue weighted by molar-refractivity contribution is 5.82. The molecule has 0 bridgehead atoms. The highest BCUT2D eigenvalue weighted by atomic mass is 16.2. The summed E-state index contributed by atoms with van der Waals surface area (Å²) in [6, 6.07) is 8.16. The molecule has 0 unspecified atom stereocenters. The van der Waals surface area contributed by atoms with Crippen LogP contribution in [0.1, 0.15) is 16.7 Å². The lowest BCUT2D eigenvalue weighted by atomic mass is 9.98. The summed E-state index contributed by atoms with van der Waals surface area (Å²) < 4.78 is 0. The number of hydrogen-bond donors (Lipinski definition) is 1. The molecule has 3 aromatic rings. The molecule has 0 atom stereocenters. The van der Waals surface area contributed by atoms with Gasteiger partial charge in [0.2, 0.25) is 5.91 Å². The summed E-state index contributed by atoms with van der Waals surface area (Å²) in [4.78, 5) is 21.1. The number of H-pyrrole nitrogens is 1. The number of rotatable bonds is 3. The smallest absolute Gasteiger partial charge is 0.227 e. The molecule has 25 heavy (non-hydrogen) atoms. The Morgan fingerprint density at radius 3 is 2.80 bits per heavy atom. The maximum atomic E-state index is 12.7. The van der Waals surface area contributed by atoms with Crippen molar-refractivity contribution in [2.75, 3.05) is 25.5 Å². The van der Waals surface area contributed by atoms with Crippen molar-refractivity contribution >= 4 is 22.6 Å². The molecular weight excluding hydrogens is 314 g/mol. The van der Waals surface area contributed by atoms with Gasteiger partial charge in [0.25, 0.3) is 0 Å². The van der Waals surface area contributed by atoms with Crippen LogP contribution in [0.15, 0.2) is 36.7 Å². The van der Waals surface area contributed by atoms with Gasteiger partial charge in [0, 0.05) is 44.5 Å². The van der Waals surface area contributed by atoms with E-state index in [1.165, 1.54) is 5.56 Å². The minimum Gasteiger partial charge on any atom is -0.378 e. The molecule has 0 saturated heterocycles. The molecule has 0 fully saturated rings. The van der Waals surface area contributed by atoms with Crippen molar-refractivity contribution in [1.29, 1.82) is 0 Å². The number of aromatic amines is 1. The summed E-state index contributed by atoms with van der Waals surface area (Å²) in [6.07, 6.45) is 4.97. The standard InChI is InChI=1S/C19H21N5O/c1-23(2)15-5-3-13(4-6-15)9-18(25)24-8-7-16-14(12-24)10-20-19-17(16)11-21-22-19/h3-6,10-11H,7-9,12H2,1-2H3,(H,20,21,22). The number of aromatic nitrogens is 3. The van der Waals surface area contributed by atoms with Crippen molar-refractivity contribution in [2.24, 2.45) is 0 Å². The van der Waals surface area contributed by atoms with Crippen molar-refractivity contribution in [2.45, 2.75) is 19.4 Å². The SMILES string of the molecule is CN(C)c1ccc(CC(=O)N2CCc3c(cnc4[nH]ncc34)C2)cc1. The molecule has 0 spiro atoms. The van der Waals surface area contributed by atoms with Crippen molar-refractivity contribution in [1.82, 2.24) is 20.1 Å². The maximum absolute atomic E-state index is 12.7.